The molecule has 0 aromatic rings. The van der Waals surface area contributed by atoms with Gasteiger partial charge in [-0.2, -0.15) is 0 Å². The van der Waals surface area contributed by atoms with Crippen LogP contribution in [-0.2, 0) is 4.79 Å². The first-order chi connectivity index (χ1) is 9.93. The van der Waals surface area contributed by atoms with Crippen LogP contribution in [0.2, 0.25) is 0 Å². The van der Waals surface area contributed by atoms with Crippen molar-refractivity contribution in [2.75, 3.05) is 45.8 Å². The van der Waals surface area contributed by atoms with E-state index in [0.29, 0.717) is 5.92 Å². The maximum absolute atomic E-state index is 11.9. The fourth-order valence-electron chi connectivity index (χ4n) is 3.14. The van der Waals surface area contributed by atoms with E-state index in [2.05, 4.69) is 42.8 Å². The fourth-order valence-corrected chi connectivity index (χ4v) is 3.14. The number of nitrogens with two attached hydrogens (primary N) is 1. The summed E-state index contributed by atoms with van der Waals surface area (Å²) in [5.74, 6) is 0.480. The number of carbonyl (C=O) groups is 1. The van der Waals surface area contributed by atoms with E-state index in [9.17, 15) is 4.79 Å². The predicted molar refractivity (Wildman–Crippen MR) is 88.2 cm³/mol. The van der Waals surface area contributed by atoms with Crippen LogP contribution in [0.25, 0.3) is 0 Å². The predicted octanol–water partition coefficient (Wildman–Crippen LogP) is 0.894. The smallest absolute Gasteiger partial charge is 0.237 e. The third-order valence-electron chi connectivity index (χ3n) is 4.59. The number of carbonyl (C=O) groups excluding carboxylic acids is 1. The van der Waals surface area contributed by atoms with Gasteiger partial charge in [-0.05, 0) is 31.8 Å². The van der Waals surface area contributed by atoms with E-state index in [0.717, 1.165) is 58.7 Å². The zero-order chi connectivity index (χ0) is 15.9. The first-order valence-electron chi connectivity index (χ1n) is 8.43. The van der Waals surface area contributed by atoms with Crippen LogP contribution in [0, 0.1) is 5.92 Å². The third-order valence-corrected chi connectivity index (χ3v) is 4.59. The Morgan fingerprint density at radius 3 is 2.29 bits per heavy atom. The second-order valence-electron chi connectivity index (χ2n) is 6.59. The van der Waals surface area contributed by atoms with E-state index < -0.39 is 5.54 Å². The Morgan fingerprint density at radius 1 is 1.29 bits per heavy atom. The van der Waals surface area contributed by atoms with Crippen molar-refractivity contribution in [3.05, 3.63) is 0 Å². The molecule has 124 valence electrons. The molecule has 1 amide bonds. The summed E-state index contributed by atoms with van der Waals surface area (Å²) >= 11 is 0. The molecule has 0 spiro atoms. The molecule has 0 aromatic heterocycles. The van der Waals surface area contributed by atoms with E-state index in [1.54, 1.807) is 0 Å². The van der Waals surface area contributed by atoms with Gasteiger partial charge in [0.1, 0.15) is 5.54 Å². The number of hydrogen-bond acceptors (Lipinski definition) is 4. The van der Waals surface area contributed by atoms with Crippen molar-refractivity contribution >= 4 is 5.91 Å². The first-order valence-corrected chi connectivity index (χ1v) is 8.43. The molecule has 0 unspecified atom stereocenters. The van der Waals surface area contributed by atoms with Gasteiger partial charge in [0.15, 0.2) is 0 Å². The minimum Gasteiger partial charge on any atom is -0.368 e. The number of rotatable bonds is 9. The highest BCUT2D eigenvalue weighted by Crippen LogP contribution is 2.22. The minimum atomic E-state index is -0.499. The van der Waals surface area contributed by atoms with Gasteiger partial charge < -0.3 is 20.9 Å². The lowest BCUT2D eigenvalue weighted by Crippen LogP contribution is -2.62. The Bertz CT molecular complexity index is 307. The minimum absolute atomic E-state index is 0.189. The van der Waals surface area contributed by atoms with Crippen molar-refractivity contribution in [1.82, 2.24) is 15.1 Å². The largest absolute Gasteiger partial charge is 0.368 e. The zero-order valence-electron chi connectivity index (χ0n) is 14.3. The number of nitrogens with one attached hydrogen (secondary N) is 1. The highest BCUT2D eigenvalue weighted by Gasteiger charge is 2.39. The van der Waals surface area contributed by atoms with E-state index in [-0.39, 0.29) is 5.91 Å². The summed E-state index contributed by atoms with van der Waals surface area (Å²) in [5.41, 5.74) is 5.20. The van der Waals surface area contributed by atoms with Crippen molar-refractivity contribution in [3.63, 3.8) is 0 Å². The van der Waals surface area contributed by atoms with Gasteiger partial charge in [-0.1, -0.05) is 27.7 Å². The molecule has 0 bridgehead atoms. The normalized spacial score (nSPS) is 19.3. The number of likely N-dealkylation sites (tertiary alicyclic amines) is 1. The molecule has 0 atom stereocenters. The molecule has 0 radical (unpaired) electrons. The third kappa shape index (κ3) is 5.57. The van der Waals surface area contributed by atoms with Crippen molar-refractivity contribution in [3.8, 4) is 0 Å². The number of primary amides is 1. The van der Waals surface area contributed by atoms with Gasteiger partial charge in [0.05, 0.1) is 0 Å². The van der Waals surface area contributed by atoms with Crippen LogP contribution >= 0.6 is 0 Å². The van der Waals surface area contributed by atoms with Crippen LogP contribution in [0.15, 0.2) is 0 Å². The van der Waals surface area contributed by atoms with E-state index in [4.69, 9.17) is 5.73 Å². The fraction of sp³-hybridized carbons (Fsp3) is 0.938. The second kappa shape index (κ2) is 8.71. The average Bonchev–Trinajstić information content (AvgIpc) is 2.45. The highest BCUT2D eigenvalue weighted by atomic mass is 16.1. The maximum atomic E-state index is 11.9. The van der Waals surface area contributed by atoms with Crippen LogP contribution in [0.4, 0.5) is 0 Å². The summed E-state index contributed by atoms with van der Waals surface area (Å²) < 4.78 is 0. The highest BCUT2D eigenvalue weighted by molar-refractivity contribution is 5.84. The van der Waals surface area contributed by atoms with Crippen molar-refractivity contribution in [2.45, 2.75) is 46.1 Å². The molecule has 1 saturated heterocycles. The number of likely N-dealkylation sites (N-methyl/N-ethyl adjacent to an activating group) is 1. The number of amides is 1. The molecule has 0 aliphatic carbocycles. The van der Waals surface area contributed by atoms with Gasteiger partial charge in [0.25, 0.3) is 0 Å². The lowest BCUT2D eigenvalue weighted by atomic mass is 9.86. The molecule has 5 heteroatoms. The topological polar surface area (TPSA) is 61.6 Å². The SMILES string of the molecule is CCN(CC)CCNC1(C(N)=O)CCN(CC(C)C)CC1. The molecule has 1 aliphatic rings. The zero-order valence-corrected chi connectivity index (χ0v) is 14.3. The molecule has 21 heavy (non-hydrogen) atoms. The summed E-state index contributed by atoms with van der Waals surface area (Å²) in [6, 6.07) is 0. The first kappa shape index (κ1) is 18.4. The van der Waals surface area contributed by atoms with Gasteiger partial charge in [-0.15, -0.1) is 0 Å². The summed E-state index contributed by atoms with van der Waals surface area (Å²) in [5, 5.41) is 3.46. The molecular weight excluding hydrogens is 264 g/mol. The number of nitrogens with zero attached hydrogens (tertiary/aromatic N) is 2. The Hall–Kier alpha value is -0.650. The summed E-state index contributed by atoms with van der Waals surface area (Å²) in [6.45, 7) is 15.7. The number of hydrogen-bond donors (Lipinski definition) is 2. The molecule has 1 aliphatic heterocycles. The van der Waals surface area contributed by atoms with E-state index in [1.807, 2.05) is 0 Å². The Kier molecular flexibility index (Phi) is 7.63. The summed E-state index contributed by atoms with van der Waals surface area (Å²) in [6.07, 6.45) is 1.65. The quantitative estimate of drug-likeness (QED) is 0.664. The molecular formula is C16H34N4O. The lowest BCUT2D eigenvalue weighted by Gasteiger charge is -2.41. The Morgan fingerprint density at radius 2 is 1.86 bits per heavy atom. The number of piperidine rings is 1. The molecule has 1 heterocycles. The molecule has 5 nitrogen and oxygen atoms in total. The van der Waals surface area contributed by atoms with Crippen molar-refractivity contribution in [2.24, 2.45) is 11.7 Å². The Labute approximate surface area is 130 Å². The van der Waals surface area contributed by atoms with Crippen LogP contribution < -0.4 is 11.1 Å². The average molecular weight is 298 g/mol. The van der Waals surface area contributed by atoms with Gasteiger partial charge in [0.2, 0.25) is 5.91 Å². The van der Waals surface area contributed by atoms with Gasteiger partial charge >= 0.3 is 0 Å². The van der Waals surface area contributed by atoms with Crippen molar-refractivity contribution in [1.29, 1.82) is 0 Å². The van der Waals surface area contributed by atoms with Gasteiger partial charge in [-0.3, -0.25) is 4.79 Å². The Balaban J connectivity index is 2.48. The molecule has 1 rings (SSSR count). The van der Waals surface area contributed by atoms with E-state index >= 15 is 0 Å². The second-order valence-corrected chi connectivity index (χ2v) is 6.59. The van der Waals surface area contributed by atoms with Crippen molar-refractivity contribution < 1.29 is 4.79 Å². The van der Waals surface area contributed by atoms with Crippen LogP contribution in [0.3, 0.4) is 0 Å². The van der Waals surface area contributed by atoms with Gasteiger partial charge in [0, 0.05) is 32.7 Å². The standard InChI is InChI=1S/C16H34N4O/c1-5-19(6-2)12-9-18-16(15(17)21)7-10-20(11-8-16)13-14(3)4/h14,18H,5-13H2,1-4H3,(H2,17,21). The molecule has 0 saturated carbocycles. The molecule has 1 fully saturated rings. The lowest BCUT2D eigenvalue weighted by molar-refractivity contribution is -0.126. The maximum Gasteiger partial charge on any atom is 0.237 e. The van der Waals surface area contributed by atoms with Crippen LogP contribution in [-0.4, -0.2) is 67.1 Å². The van der Waals surface area contributed by atoms with E-state index in [1.165, 1.54) is 0 Å². The monoisotopic (exact) mass is 298 g/mol. The molecule has 3 N–H and O–H groups in total. The van der Waals surface area contributed by atoms with Crippen LogP contribution in [0.1, 0.15) is 40.5 Å². The summed E-state index contributed by atoms with van der Waals surface area (Å²) in [4.78, 5) is 16.7. The summed E-state index contributed by atoms with van der Waals surface area (Å²) in [7, 11) is 0. The molecule has 0 aromatic carbocycles. The van der Waals surface area contributed by atoms with Gasteiger partial charge in [-0.25, -0.2) is 0 Å². The van der Waals surface area contributed by atoms with Crippen LogP contribution in [0.5, 0.6) is 0 Å².